The van der Waals surface area contributed by atoms with Gasteiger partial charge in [0, 0.05) is 13.7 Å². The van der Waals surface area contributed by atoms with E-state index in [1.54, 1.807) is 0 Å². The Morgan fingerprint density at radius 3 is 2.40 bits per heavy atom. The van der Waals surface area contributed by atoms with Gasteiger partial charge < -0.3 is 20.5 Å². The lowest BCUT2D eigenvalue weighted by atomic mass is 10.1. The molecular weight excluding hydrogens is 340 g/mol. The van der Waals surface area contributed by atoms with Crippen molar-refractivity contribution in [1.29, 1.82) is 0 Å². The van der Waals surface area contributed by atoms with Gasteiger partial charge in [-0.1, -0.05) is 54.6 Å². The minimum Gasteiger partial charge on any atom is -0.383 e. The molecule has 0 heterocycles. The van der Waals surface area contributed by atoms with Crippen LogP contribution >= 0.6 is 12.4 Å². The zero-order valence-corrected chi connectivity index (χ0v) is 15.1. The first kappa shape index (κ1) is 21.1. The summed E-state index contributed by atoms with van der Waals surface area (Å²) in [5, 5.41) is 2.81. The molecule has 0 aliphatic carbocycles. The number of methoxy groups -OCH3 is 1. The van der Waals surface area contributed by atoms with Gasteiger partial charge >= 0.3 is 0 Å². The molecule has 5 nitrogen and oxygen atoms in total. The lowest BCUT2D eigenvalue weighted by Crippen LogP contribution is -2.43. The van der Waals surface area contributed by atoms with Crippen LogP contribution in [0.2, 0.25) is 0 Å². The fraction of sp³-hybridized carbons (Fsp3) is 0.316. The first-order valence-corrected chi connectivity index (χ1v) is 7.90. The molecule has 0 spiro atoms. The molecule has 2 aromatic carbocycles. The van der Waals surface area contributed by atoms with Gasteiger partial charge in [0.25, 0.3) is 0 Å². The molecule has 2 aromatic rings. The number of ether oxygens (including phenoxy) is 2. The Morgan fingerprint density at radius 2 is 1.68 bits per heavy atom. The van der Waals surface area contributed by atoms with E-state index in [1.807, 2.05) is 54.6 Å². The van der Waals surface area contributed by atoms with Crippen molar-refractivity contribution in [2.24, 2.45) is 5.73 Å². The second-order valence-corrected chi connectivity index (χ2v) is 5.58. The third-order valence-corrected chi connectivity index (χ3v) is 3.52. The van der Waals surface area contributed by atoms with E-state index < -0.39 is 6.04 Å². The van der Waals surface area contributed by atoms with Crippen molar-refractivity contribution in [2.75, 3.05) is 13.7 Å². The first-order valence-electron chi connectivity index (χ1n) is 7.90. The summed E-state index contributed by atoms with van der Waals surface area (Å²) in [4.78, 5) is 11.8. The van der Waals surface area contributed by atoms with Crippen molar-refractivity contribution >= 4 is 18.3 Å². The highest BCUT2D eigenvalue weighted by molar-refractivity contribution is 5.85. The Morgan fingerprint density at radius 1 is 1.04 bits per heavy atom. The number of hydrogen-bond acceptors (Lipinski definition) is 4. The van der Waals surface area contributed by atoms with E-state index in [4.69, 9.17) is 15.2 Å². The number of halogens is 1. The second kappa shape index (κ2) is 11.6. The van der Waals surface area contributed by atoms with Gasteiger partial charge in [-0.2, -0.15) is 0 Å². The fourth-order valence-corrected chi connectivity index (χ4v) is 2.27. The van der Waals surface area contributed by atoms with Crippen molar-refractivity contribution in [3.63, 3.8) is 0 Å². The Labute approximate surface area is 154 Å². The van der Waals surface area contributed by atoms with Crippen LogP contribution in [0.25, 0.3) is 0 Å². The van der Waals surface area contributed by atoms with E-state index in [0.717, 1.165) is 16.7 Å². The molecule has 0 aromatic heterocycles. The molecule has 0 bridgehead atoms. The van der Waals surface area contributed by atoms with Gasteiger partial charge in [0.2, 0.25) is 5.91 Å². The van der Waals surface area contributed by atoms with Crippen LogP contribution in [0.15, 0.2) is 54.6 Å². The lowest BCUT2D eigenvalue weighted by molar-refractivity contribution is -0.123. The lowest BCUT2D eigenvalue weighted by Gasteiger charge is -2.12. The number of carbonyl (C=O) groups is 1. The predicted octanol–water partition coefficient (Wildman–Crippen LogP) is 2.42. The van der Waals surface area contributed by atoms with Gasteiger partial charge in [0.05, 0.1) is 19.8 Å². The Bertz CT molecular complexity index is 638. The topological polar surface area (TPSA) is 73.6 Å². The highest BCUT2D eigenvalue weighted by Gasteiger charge is 2.12. The molecule has 0 aliphatic heterocycles. The molecule has 1 atom stereocenters. The molecule has 0 saturated heterocycles. The second-order valence-electron chi connectivity index (χ2n) is 5.58. The molecule has 3 N–H and O–H groups in total. The fourth-order valence-electron chi connectivity index (χ4n) is 2.27. The predicted molar refractivity (Wildman–Crippen MR) is 100 cm³/mol. The summed E-state index contributed by atoms with van der Waals surface area (Å²) in [6.45, 7) is 1.75. The maximum absolute atomic E-state index is 11.8. The summed E-state index contributed by atoms with van der Waals surface area (Å²) in [5.41, 5.74) is 8.91. The smallest absolute Gasteiger partial charge is 0.239 e. The molecule has 0 saturated carbocycles. The van der Waals surface area contributed by atoms with Crippen molar-refractivity contribution in [2.45, 2.75) is 25.8 Å². The van der Waals surface area contributed by atoms with Crippen molar-refractivity contribution in [3.05, 3.63) is 71.3 Å². The Hall–Kier alpha value is -1.92. The van der Waals surface area contributed by atoms with Crippen molar-refractivity contribution in [1.82, 2.24) is 5.32 Å². The number of amides is 1. The molecular formula is C19H25ClN2O3. The van der Waals surface area contributed by atoms with Gasteiger partial charge in [-0.3, -0.25) is 4.79 Å². The van der Waals surface area contributed by atoms with Crippen molar-refractivity contribution in [3.8, 4) is 0 Å². The van der Waals surface area contributed by atoms with E-state index in [2.05, 4.69) is 5.32 Å². The van der Waals surface area contributed by atoms with Crippen LogP contribution in [0.3, 0.4) is 0 Å². The zero-order chi connectivity index (χ0) is 17.2. The third-order valence-electron chi connectivity index (χ3n) is 3.52. The van der Waals surface area contributed by atoms with Crippen LogP contribution < -0.4 is 11.1 Å². The normalized spacial score (nSPS) is 11.4. The highest BCUT2D eigenvalue weighted by Crippen LogP contribution is 2.09. The van der Waals surface area contributed by atoms with Gasteiger partial charge in [-0.15, -0.1) is 12.4 Å². The minimum atomic E-state index is -0.646. The van der Waals surface area contributed by atoms with Crippen LogP contribution in [-0.4, -0.2) is 25.7 Å². The molecule has 1 unspecified atom stereocenters. The molecule has 2 rings (SSSR count). The summed E-state index contributed by atoms with van der Waals surface area (Å²) in [7, 11) is 1.52. The molecule has 0 radical (unpaired) electrons. The Balaban J connectivity index is 0.00000312. The number of rotatable bonds is 9. The van der Waals surface area contributed by atoms with E-state index in [9.17, 15) is 4.79 Å². The summed E-state index contributed by atoms with van der Waals surface area (Å²) >= 11 is 0. The SMILES string of the molecule is COCC(N)C(=O)NCc1cccc(COCc2ccccc2)c1.Cl. The number of benzene rings is 2. The molecule has 0 fully saturated rings. The highest BCUT2D eigenvalue weighted by atomic mass is 35.5. The molecule has 1 amide bonds. The summed E-state index contributed by atoms with van der Waals surface area (Å²) < 4.78 is 10.6. The summed E-state index contributed by atoms with van der Waals surface area (Å²) in [6.07, 6.45) is 0. The number of nitrogens with one attached hydrogen (secondary N) is 1. The number of hydrogen-bond donors (Lipinski definition) is 2. The van der Waals surface area contributed by atoms with Crippen LogP contribution in [-0.2, 0) is 34.0 Å². The summed E-state index contributed by atoms with van der Waals surface area (Å²) in [5.74, 6) is -0.220. The number of carbonyl (C=O) groups excluding carboxylic acids is 1. The molecule has 0 aliphatic rings. The van der Waals surface area contributed by atoms with Crippen LogP contribution in [0, 0.1) is 0 Å². The molecule has 6 heteroatoms. The van der Waals surface area contributed by atoms with E-state index >= 15 is 0 Å². The van der Waals surface area contributed by atoms with E-state index in [-0.39, 0.29) is 24.9 Å². The van der Waals surface area contributed by atoms with Gasteiger partial charge in [0.1, 0.15) is 6.04 Å². The first-order chi connectivity index (χ1) is 11.7. The minimum absolute atomic E-state index is 0. The standard InChI is InChI=1S/C19H24N2O3.ClH/c1-23-14-18(20)19(22)21-11-16-8-5-9-17(10-16)13-24-12-15-6-3-2-4-7-15;/h2-10,18H,11-14,20H2,1H3,(H,21,22);1H. The van der Waals surface area contributed by atoms with Gasteiger partial charge in [-0.25, -0.2) is 0 Å². The maximum atomic E-state index is 11.8. The van der Waals surface area contributed by atoms with Crippen LogP contribution in [0.5, 0.6) is 0 Å². The maximum Gasteiger partial charge on any atom is 0.239 e. The Kier molecular flexibility index (Phi) is 9.80. The number of nitrogens with two attached hydrogens (primary N) is 1. The van der Waals surface area contributed by atoms with Gasteiger partial charge in [0.15, 0.2) is 0 Å². The molecule has 136 valence electrons. The van der Waals surface area contributed by atoms with Crippen LogP contribution in [0.4, 0.5) is 0 Å². The third kappa shape index (κ3) is 7.67. The quantitative estimate of drug-likeness (QED) is 0.716. The van der Waals surface area contributed by atoms with E-state index in [1.165, 1.54) is 7.11 Å². The zero-order valence-electron chi connectivity index (χ0n) is 14.3. The van der Waals surface area contributed by atoms with Crippen LogP contribution in [0.1, 0.15) is 16.7 Å². The molecule has 25 heavy (non-hydrogen) atoms. The monoisotopic (exact) mass is 364 g/mol. The summed E-state index contributed by atoms with van der Waals surface area (Å²) in [6, 6.07) is 17.4. The van der Waals surface area contributed by atoms with Gasteiger partial charge in [-0.05, 0) is 16.7 Å². The largest absolute Gasteiger partial charge is 0.383 e. The average molecular weight is 365 g/mol. The van der Waals surface area contributed by atoms with E-state index in [0.29, 0.717) is 19.8 Å². The average Bonchev–Trinajstić information content (AvgIpc) is 2.61. The van der Waals surface area contributed by atoms with Crippen molar-refractivity contribution < 1.29 is 14.3 Å².